The Hall–Kier alpha value is -1.30. The van der Waals surface area contributed by atoms with Crippen molar-refractivity contribution in [1.29, 1.82) is 0 Å². The zero-order valence-corrected chi connectivity index (χ0v) is 13.8. The fraction of sp³-hybridized carbons (Fsp3) is 0.857. The number of amides is 1. The van der Waals surface area contributed by atoms with Crippen molar-refractivity contribution in [2.45, 2.75) is 40.2 Å². The second-order valence-electron chi connectivity index (χ2n) is 5.68. The molecule has 6 heteroatoms. The summed E-state index contributed by atoms with van der Waals surface area (Å²) in [7, 11) is 1.70. The molecule has 0 heterocycles. The van der Waals surface area contributed by atoms with Crippen LogP contribution in [0.2, 0.25) is 0 Å². The van der Waals surface area contributed by atoms with Crippen molar-refractivity contribution < 1.29 is 4.79 Å². The molecule has 0 rings (SSSR count). The molecule has 0 aliphatic carbocycles. The number of carbonyl (C=O) groups is 1. The topological polar surface area (TPSA) is 68.8 Å². The summed E-state index contributed by atoms with van der Waals surface area (Å²) in [4.78, 5) is 18.1. The van der Waals surface area contributed by atoms with E-state index in [1.165, 1.54) is 0 Å². The third-order valence-corrected chi connectivity index (χ3v) is 2.77. The molecule has 0 aromatic rings. The van der Waals surface area contributed by atoms with Crippen LogP contribution in [0.4, 0.5) is 0 Å². The smallest absolute Gasteiger partial charge is 0.239 e. The van der Waals surface area contributed by atoms with Crippen LogP contribution in [0.15, 0.2) is 4.99 Å². The Kier molecular flexibility index (Phi) is 8.96. The number of hydrogen-bond acceptors (Lipinski definition) is 3. The SMILES string of the molecule is CCN(CC)CCNC(=NC)NCC(=O)NC(C)(C)C. The van der Waals surface area contributed by atoms with Crippen LogP contribution in [0, 0.1) is 0 Å². The van der Waals surface area contributed by atoms with Gasteiger partial charge in [0.25, 0.3) is 0 Å². The van der Waals surface area contributed by atoms with Crippen molar-refractivity contribution in [2.75, 3.05) is 39.8 Å². The van der Waals surface area contributed by atoms with Crippen molar-refractivity contribution in [2.24, 2.45) is 4.99 Å². The van der Waals surface area contributed by atoms with E-state index in [9.17, 15) is 4.79 Å². The number of carbonyl (C=O) groups excluding carboxylic acids is 1. The summed E-state index contributed by atoms with van der Waals surface area (Å²) in [5.74, 6) is 0.616. The second kappa shape index (κ2) is 9.58. The van der Waals surface area contributed by atoms with Crippen molar-refractivity contribution >= 4 is 11.9 Å². The molecular formula is C14H31N5O. The van der Waals surface area contributed by atoms with Crippen LogP contribution < -0.4 is 16.0 Å². The fourth-order valence-electron chi connectivity index (χ4n) is 1.72. The molecule has 0 aromatic carbocycles. The minimum absolute atomic E-state index is 0.0378. The van der Waals surface area contributed by atoms with Gasteiger partial charge in [-0.3, -0.25) is 9.79 Å². The molecule has 1 amide bonds. The maximum atomic E-state index is 11.7. The summed E-state index contributed by atoms with van der Waals surface area (Å²) < 4.78 is 0. The van der Waals surface area contributed by atoms with Gasteiger partial charge in [-0.1, -0.05) is 13.8 Å². The van der Waals surface area contributed by atoms with Gasteiger partial charge < -0.3 is 20.9 Å². The van der Waals surface area contributed by atoms with E-state index in [1.807, 2.05) is 20.8 Å². The fourth-order valence-corrected chi connectivity index (χ4v) is 1.72. The molecule has 0 unspecified atom stereocenters. The third-order valence-electron chi connectivity index (χ3n) is 2.77. The molecule has 0 aliphatic heterocycles. The van der Waals surface area contributed by atoms with Crippen LogP contribution in [0.25, 0.3) is 0 Å². The first kappa shape index (κ1) is 18.7. The highest BCUT2D eigenvalue weighted by molar-refractivity contribution is 5.86. The minimum atomic E-state index is -0.210. The molecule has 0 spiro atoms. The number of aliphatic imine (C=N–C) groups is 1. The zero-order chi connectivity index (χ0) is 15.6. The molecule has 0 atom stereocenters. The normalized spacial score (nSPS) is 12.4. The number of nitrogens with one attached hydrogen (secondary N) is 3. The van der Waals surface area contributed by atoms with Gasteiger partial charge in [0, 0.05) is 25.7 Å². The molecule has 0 saturated heterocycles. The second-order valence-corrected chi connectivity index (χ2v) is 5.68. The number of nitrogens with zero attached hydrogens (tertiary/aromatic N) is 2. The number of hydrogen-bond donors (Lipinski definition) is 3. The first-order valence-corrected chi connectivity index (χ1v) is 7.30. The highest BCUT2D eigenvalue weighted by Crippen LogP contribution is 1.97. The Bertz CT molecular complexity index is 305. The van der Waals surface area contributed by atoms with Crippen LogP contribution in [0.5, 0.6) is 0 Å². The summed E-state index contributed by atoms with van der Waals surface area (Å²) in [5, 5.41) is 9.11. The maximum Gasteiger partial charge on any atom is 0.239 e. The molecule has 0 aliphatic rings. The van der Waals surface area contributed by atoms with Gasteiger partial charge in [-0.05, 0) is 33.9 Å². The lowest BCUT2D eigenvalue weighted by Gasteiger charge is -2.21. The van der Waals surface area contributed by atoms with E-state index >= 15 is 0 Å². The summed E-state index contributed by atoms with van der Waals surface area (Å²) in [5.41, 5.74) is -0.210. The monoisotopic (exact) mass is 285 g/mol. The van der Waals surface area contributed by atoms with Crippen molar-refractivity contribution in [3.8, 4) is 0 Å². The van der Waals surface area contributed by atoms with E-state index < -0.39 is 0 Å². The lowest BCUT2D eigenvalue weighted by Crippen LogP contribution is -2.48. The molecule has 0 radical (unpaired) electrons. The molecular weight excluding hydrogens is 254 g/mol. The molecule has 0 fully saturated rings. The predicted molar refractivity (Wildman–Crippen MR) is 85.0 cm³/mol. The van der Waals surface area contributed by atoms with Gasteiger partial charge in [-0.25, -0.2) is 0 Å². The third kappa shape index (κ3) is 9.61. The van der Waals surface area contributed by atoms with Crippen LogP contribution >= 0.6 is 0 Å². The summed E-state index contributed by atoms with van der Waals surface area (Å²) in [6.07, 6.45) is 0. The van der Waals surface area contributed by atoms with Gasteiger partial charge in [0.05, 0.1) is 6.54 Å². The van der Waals surface area contributed by atoms with Crippen molar-refractivity contribution in [3.05, 3.63) is 0 Å². The van der Waals surface area contributed by atoms with Gasteiger partial charge >= 0.3 is 0 Å². The van der Waals surface area contributed by atoms with Crippen LogP contribution in [-0.2, 0) is 4.79 Å². The molecule has 0 aromatic heterocycles. The van der Waals surface area contributed by atoms with Gasteiger partial charge in [-0.15, -0.1) is 0 Å². The highest BCUT2D eigenvalue weighted by Gasteiger charge is 2.13. The van der Waals surface area contributed by atoms with Gasteiger partial charge in [-0.2, -0.15) is 0 Å². The van der Waals surface area contributed by atoms with Crippen LogP contribution in [-0.4, -0.2) is 62.1 Å². The molecule has 6 nitrogen and oxygen atoms in total. The Morgan fingerprint density at radius 3 is 2.20 bits per heavy atom. The van der Waals surface area contributed by atoms with Crippen LogP contribution in [0.1, 0.15) is 34.6 Å². The van der Waals surface area contributed by atoms with Crippen molar-refractivity contribution in [3.63, 3.8) is 0 Å². The lowest BCUT2D eigenvalue weighted by atomic mass is 10.1. The highest BCUT2D eigenvalue weighted by atomic mass is 16.2. The summed E-state index contributed by atoms with van der Waals surface area (Å²) >= 11 is 0. The van der Waals surface area contributed by atoms with E-state index in [1.54, 1.807) is 7.05 Å². The van der Waals surface area contributed by atoms with E-state index in [0.29, 0.717) is 5.96 Å². The standard InChI is InChI=1S/C14H31N5O/c1-7-19(8-2)10-9-16-13(15-6)17-11-12(20)18-14(3,4)5/h7-11H2,1-6H3,(H,18,20)(H2,15,16,17). The Morgan fingerprint density at radius 1 is 1.15 bits per heavy atom. The van der Waals surface area contributed by atoms with Gasteiger partial charge in [0.1, 0.15) is 0 Å². The average molecular weight is 285 g/mol. The van der Waals surface area contributed by atoms with E-state index in [2.05, 4.69) is 39.7 Å². The largest absolute Gasteiger partial charge is 0.355 e. The van der Waals surface area contributed by atoms with E-state index in [4.69, 9.17) is 0 Å². The lowest BCUT2D eigenvalue weighted by molar-refractivity contribution is -0.121. The average Bonchev–Trinajstić information content (AvgIpc) is 2.36. The van der Waals surface area contributed by atoms with Crippen LogP contribution in [0.3, 0.4) is 0 Å². The van der Waals surface area contributed by atoms with E-state index in [0.717, 1.165) is 26.2 Å². The van der Waals surface area contributed by atoms with Gasteiger partial charge in [0.2, 0.25) is 5.91 Å². The number of likely N-dealkylation sites (N-methyl/N-ethyl adjacent to an activating group) is 1. The van der Waals surface area contributed by atoms with Gasteiger partial charge in [0.15, 0.2) is 5.96 Å². The maximum absolute atomic E-state index is 11.7. The molecule has 0 saturated carbocycles. The Labute approximate surface area is 123 Å². The number of guanidine groups is 1. The molecule has 20 heavy (non-hydrogen) atoms. The Morgan fingerprint density at radius 2 is 1.75 bits per heavy atom. The number of rotatable bonds is 7. The quantitative estimate of drug-likeness (QED) is 0.468. The molecule has 3 N–H and O–H groups in total. The Balaban J connectivity index is 3.97. The first-order valence-electron chi connectivity index (χ1n) is 7.30. The zero-order valence-electron chi connectivity index (χ0n) is 13.8. The first-order chi connectivity index (χ1) is 9.32. The molecule has 0 bridgehead atoms. The van der Waals surface area contributed by atoms with E-state index in [-0.39, 0.29) is 18.0 Å². The summed E-state index contributed by atoms with van der Waals surface area (Å²) in [6.45, 7) is 14.2. The van der Waals surface area contributed by atoms with Crippen molar-refractivity contribution in [1.82, 2.24) is 20.9 Å². The molecule has 118 valence electrons. The summed E-state index contributed by atoms with van der Waals surface area (Å²) in [6, 6.07) is 0. The minimum Gasteiger partial charge on any atom is -0.355 e. The predicted octanol–water partition coefficient (Wildman–Crippen LogP) is 0.408.